The molecule has 0 spiro atoms. The van der Waals surface area contributed by atoms with Crippen LogP contribution in [0.15, 0.2) is 41.4 Å². The lowest BCUT2D eigenvalue weighted by molar-refractivity contribution is 0.0438. The van der Waals surface area contributed by atoms with Crippen molar-refractivity contribution in [2.75, 3.05) is 26.2 Å². The van der Waals surface area contributed by atoms with Crippen LogP contribution in [-0.4, -0.2) is 96.0 Å². The van der Waals surface area contributed by atoms with E-state index >= 15 is 0 Å². The van der Waals surface area contributed by atoms with Crippen molar-refractivity contribution in [3.8, 4) is 0 Å². The van der Waals surface area contributed by atoms with Crippen LogP contribution in [-0.2, 0) is 10.0 Å². The summed E-state index contributed by atoms with van der Waals surface area (Å²) in [6.07, 6.45) is 7.72. The Kier molecular flexibility index (Phi) is 12.1. The molecule has 10 heteroatoms. The molecule has 4 rings (SSSR count). The summed E-state index contributed by atoms with van der Waals surface area (Å²) in [4.78, 5) is 8.98. The highest BCUT2D eigenvalue weighted by Gasteiger charge is 2.28. The summed E-state index contributed by atoms with van der Waals surface area (Å²) < 4.78 is 27.9. The number of pyridine rings is 1. The predicted molar refractivity (Wildman–Crippen MR) is 157 cm³/mol. The Morgan fingerprint density at radius 3 is 1.95 bits per heavy atom. The van der Waals surface area contributed by atoms with Crippen molar-refractivity contribution in [3.63, 3.8) is 0 Å². The van der Waals surface area contributed by atoms with Crippen molar-refractivity contribution in [2.45, 2.75) is 107 Å². The fourth-order valence-electron chi connectivity index (χ4n) is 5.87. The number of rotatable bonds is 9. The molecule has 2 aliphatic rings. The fourth-order valence-corrected chi connectivity index (χ4v) is 7.12. The number of aliphatic hydroxyl groups is 2. The first kappa shape index (κ1) is 31.9. The van der Waals surface area contributed by atoms with E-state index < -0.39 is 16.1 Å². The second kappa shape index (κ2) is 14.8. The number of β-amino-alcohol motifs (C(OH)–C–C–N with tert-alkyl or cyclic N) is 2. The van der Waals surface area contributed by atoms with Gasteiger partial charge in [-0.15, -0.1) is 0 Å². The molecular weight excluding hydrogens is 514 g/mol. The molecule has 2 fully saturated rings. The van der Waals surface area contributed by atoms with E-state index in [1.807, 2.05) is 12.1 Å². The van der Waals surface area contributed by atoms with E-state index in [0.29, 0.717) is 42.8 Å². The van der Waals surface area contributed by atoms with Crippen LogP contribution in [0, 0.1) is 0 Å². The van der Waals surface area contributed by atoms with Gasteiger partial charge in [-0.3, -0.25) is 14.8 Å². The SMILES string of the molecule is C[C@@H]1CCC[C@H](C)N1C[C@@H](O)CN.C[C@@H]1CCC[C@H](C)N1C[C@@H](O)CNS(=O)(=O)c1cccc2cccnc12. The molecule has 0 saturated carbocycles. The Morgan fingerprint density at radius 1 is 0.897 bits per heavy atom. The van der Waals surface area contributed by atoms with Gasteiger partial charge in [0.05, 0.1) is 17.7 Å². The van der Waals surface area contributed by atoms with Gasteiger partial charge in [0.25, 0.3) is 0 Å². The maximum Gasteiger partial charge on any atom is 0.242 e. The number of aliphatic hydroxyl groups excluding tert-OH is 2. The Morgan fingerprint density at radius 2 is 1.41 bits per heavy atom. The molecule has 0 bridgehead atoms. The molecule has 5 N–H and O–H groups in total. The average Bonchev–Trinajstić information content (AvgIpc) is 2.92. The summed E-state index contributed by atoms with van der Waals surface area (Å²) >= 11 is 0. The average molecular weight is 564 g/mol. The smallest absolute Gasteiger partial charge is 0.242 e. The van der Waals surface area contributed by atoms with Gasteiger partial charge in [-0.05, 0) is 65.5 Å². The standard InChI is InChI=1S/C19H27N3O3S.C10H22N2O/c1-14-6-3-7-15(2)22(14)13-17(23)12-21-26(24,25)18-10-4-8-16-9-5-11-20-19(16)18;1-8-4-3-5-9(2)12(8)7-10(13)6-11/h4-5,8-11,14-15,17,21,23H,3,6-7,12-13H2,1-2H3;8-10,13H,3-7,11H2,1-2H3/t14-,15+,17-;8-,9+,10-/m00/s1. The molecule has 9 nitrogen and oxygen atoms in total. The zero-order valence-corrected chi connectivity index (χ0v) is 24.9. The van der Waals surface area contributed by atoms with Crippen LogP contribution in [0.4, 0.5) is 0 Å². The molecular formula is C29H49N5O4S. The van der Waals surface area contributed by atoms with Crippen molar-refractivity contribution >= 4 is 20.9 Å². The van der Waals surface area contributed by atoms with E-state index in [1.165, 1.54) is 25.7 Å². The summed E-state index contributed by atoms with van der Waals surface area (Å²) in [5, 5.41) is 20.6. The molecule has 0 amide bonds. The molecule has 0 radical (unpaired) electrons. The highest BCUT2D eigenvalue weighted by Crippen LogP contribution is 2.24. The summed E-state index contributed by atoms with van der Waals surface area (Å²) in [6, 6.07) is 10.7. The van der Waals surface area contributed by atoms with E-state index in [0.717, 1.165) is 24.8 Å². The molecule has 1 aromatic carbocycles. The number of nitrogens with one attached hydrogen (secondary N) is 1. The maximum atomic E-state index is 12.7. The second-order valence-electron chi connectivity index (χ2n) is 11.4. The van der Waals surface area contributed by atoms with Crippen LogP contribution in [0.5, 0.6) is 0 Å². The van der Waals surface area contributed by atoms with E-state index in [-0.39, 0.29) is 17.5 Å². The third kappa shape index (κ3) is 8.91. The molecule has 3 heterocycles. The molecule has 0 aliphatic carbocycles. The van der Waals surface area contributed by atoms with Crippen LogP contribution >= 0.6 is 0 Å². The van der Waals surface area contributed by atoms with Crippen LogP contribution in [0.1, 0.15) is 66.2 Å². The van der Waals surface area contributed by atoms with E-state index in [9.17, 15) is 18.6 Å². The third-order valence-electron chi connectivity index (χ3n) is 8.26. The number of hydrogen-bond acceptors (Lipinski definition) is 8. The van der Waals surface area contributed by atoms with Gasteiger partial charge in [0, 0.05) is 61.9 Å². The number of nitrogens with two attached hydrogens (primary N) is 1. The molecule has 0 unspecified atom stereocenters. The number of para-hydroxylation sites is 1. The minimum Gasteiger partial charge on any atom is -0.390 e. The van der Waals surface area contributed by atoms with E-state index in [2.05, 4.69) is 47.2 Å². The molecule has 2 aliphatic heterocycles. The van der Waals surface area contributed by atoms with Gasteiger partial charge in [0.2, 0.25) is 10.0 Å². The number of likely N-dealkylation sites (tertiary alicyclic amines) is 2. The van der Waals surface area contributed by atoms with Crippen molar-refractivity contribution in [1.82, 2.24) is 19.5 Å². The number of piperidine rings is 2. The lowest BCUT2D eigenvalue weighted by Crippen LogP contribution is -2.49. The second-order valence-corrected chi connectivity index (χ2v) is 13.1. The topological polar surface area (TPSA) is 132 Å². The molecule has 220 valence electrons. The number of benzene rings is 1. The normalized spacial score (nSPS) is 26.5. The first-order valence-electron chi connectivity index (χ1n) is 14.4. The molecule has 1 aromatic heterocycles. The minimum atomic E-state index is -3.74. The Balaban J connectivity index is 0.000000272. The summed E-state index contributed by atoms with van der Waals surface area (Å²) in [5.74, 6) is 0. The van der Waals surface area contributed by atoms with Gasteiger partial charge < -0.3 is 15.9 Å². The monoisotopic (exact) mass is 563 g/mol. The number of hydrogen-bond donors (Lipinski definition) is 4. The van der Waals surface area contributed by atoms with E-state index in [1.54, 1.807) is 24.4 Å². The van der Waals surface area contributed by atoms with E-state index in [4.69, 9.17) is 5.73 Å². The van der Waals surface area contributed by atoms with Crippen LogP contribution in [0.3, 0.4) is 0 Å². The third-order valence-corrected chi connectivity index (χ3v) is 9.72. The highest BCUT2D eigenvalue weighted by molar-refractivity contribution is 7.89. The van der Waals surface area contributed by atoms with Gasteiger partial charge in [-0.25, -0.2) is 13.1 Å². The van der Waals surface area contributed by atoms with Crippen molar-refractivity contribution in [2.24, 2.45) is 5.73 Å². The summed E-state index contributed by atoms with van der Waals surface area (Å²) in [7, 11) is -3.74. The molecule has 2 aromatic rings. The summed E-state index contributed by atoms with van der Waals surface area (Å²) in [6.45, 7) is 10.4. The lowest BCUT2D eigenvalue weighted by atomic mass is 9.97. The number of sulfonamides is 1. The maximum absolute atomic E-state index is 12.7. The Labute approximate surface area is 234 Å². The Hall–Kier alpha value is -1.66. The van der Waals surface area contributed by atoms with Gasteiger partial charge in [-0.2, -0.15) is 0 Å². The molecule has 2 saturated heterocycles. The Bertz CT molecular complexity index is 1110. The first-order valence-corrected chi connectivity index (χ1v) is 15.9. The van der Waals surface area contributed by atoms with Crippen LogP contribution in [0.25, 0.3) is 10.9 Å². The zero-order chi connectivity index (χ0) is 28.6. The number of aromatic nitrogens is 1. The molecule has 6 atom stereocenters. The van der Waals surface area contributed by atoms with Gasteiger partial charge >= 0.3 is 0 Å². The van der Waals surface area contributed by atoms with Gasteiger partial charge in [0.15, 0.2) is 0 Å². The fraction of sp³-hybridized carbons (Fsp3) is 0.690. The first-order chi connectivity index (χ1) is 18.5. The highest BCUT2D eigenvalue weighted by atomic mass is 32.2. The quantitative estimate of drug-likeness (QED) is 0.366. The van der Waals surface area contributed by atoms with Crippen molar-refractivity contribution in [1.29, 1.82) is 0 Å². The number of fused-ring (bicyclic) bond motifs is 1. The lowest BCUT2D eigenvalue weighted by Gasteiger charge is -2.40. The van der Waals surface area contributed by atoms with Crippen molar-refractivity contribution < 1.29 is 18.6 Å². The van der Waals surface area contributed by atoms with Gasteiger partial charge in [0.1, 0.15) is 4.90 Å². The summed E-state index contributed by atoms with van der Waals surface area (Å²) in [5.41, 5.74) is 5.84. The largest absolute Gasteiger partial charge is 0.390 e. The predicted octanol–water partition coefficient (Wildman–Crippen LogP) is 2.71. The van der Waals surface area contributed by atoms with Crippen LogP contribution in [0.2, 0.25) is 0 Å². The molecule has 39 heavy (non-hydrogen) atoms. The zero-order valence-electron chi connectivity index (χ0n) is 24.0. The minimum absolute atomic E-state index is 0.0124. The van der Waals surface area contributed by atoms with Crippen molar-refractivity contribution in [3.05, 3.63) is 36.5 Å². The number of nitrogens with zero attached hydrogens (tertiary/aromatic N) is 3. The van der Waals surface area contributed by atoms with Crippen LogP contribution < -0.4 is 10.5 Å². The van der Waals surface area contributed by atoms with Gasteiger partial charge in [-0.1, -0.05) is 31.0 Å².